The number of Topliss-reactive ketones (excluding diaryl/α,β-unsaturated/α-hetero) is 1. The minimum absolute atomic E-state index is 0.00659. The van der Waals surface area contributed by atoms with Crippen molar-refractivity contribution < 1.29 is 24.9 Å². The Morgan fingerprint density at radius 2 is 1.85 bits per heavy atom. The van der Waals surface area contributed by atoms with Gasteiger partial charge >= 0.3 is 5.97 Å². The van der Waals surface area contributed by atoms with Gasteiger partial charge in [-0.2, -0.15) is 0 Å². The topological polar surface area (TPSA) is 94.8 Å². The van der Waals surface area contributed by atoms with E-state index in [-0.39, 0.29) is 35.5 Å². The fourth-order valence-corrected chi connectivity index (χ4v) is 3.50. The highest BCUT2D eigenvalue weighted by atomic mass is 16.4. The molecule has 0 radical (unpaired) electrons. The van der Waals surface area contributed by atoms with Crippen molar-refractivity contribution in [1.29, 1.82) is 0 Å². The van der Waals surface area contributed by atoms with Crippen molar-refractivity contribution in [2.75, 3.05) is 0 Å². The zero-order chi connectivity index (χ0) is 19.4. The minimum Gasteiger partial charge on any atom is -0.507 e. The van der Waals surface area contributed by atoms with Crippen LogP contribution in [0, 0.1) is 5.92 Å². The lowest BCUT2D eigenvalue weighted by atomic mass is 9.73. The van der Waals surface area contributed by atoms with Gasteiger partial charge in [0.05, 0.1) is 0 Å². The van der Waals surface area contributed by atoms with Crippen molar-refractivity contribution in [2.24, 2.45) is 5.92 Å². The van der Waals surface area contributed by atoms with Gasteiger partial charge in [-0.15, -0.1) is 0 Å². The number of hydrogen-bond donors (Lipinski definition) is 3. The number of carboxylic acid groups (broad SMARTS) is 1. The highest BCUT2D eigenvalue weighted by Crippen LogP contribution is 2.45. The average molecular weight is 358 g/mol. The van der Waals surface area contributed by atoms with Crippen molar-refractivity contribution in [3.05, 3.63) is 47.1 Å². The Hall–Kier alpha value is -2.56. The van der Waals surface area contributed by atoms with E-state index in [9.17, 15) is 19.8 Å². The molecule has 5 nitrogen and oxygen atoms in total. The van der Waals surface area contributed by atoms with Crippen molar-refractivity contribution >= 4 is 11.8 Å². The fraction of sp³-hybridized carbons (Fsp3) is 0.429. The second-order valence-electron chi connectivity index (χ2n) is 7.10. The lowest BCUT2D eigenvalue weighted by molar-refractivity contribution is -0.137. The Bertz CT molecular complexity index is 737. The van der Waals surface area contributed by atoms with Crippen LogP contribution in [0.1, 0.15) is 56.6 Å². The molecule has 0 spiro atoms. The van der Waals surface area contributed by atoms with Crippen LogP contribution in [0.3, 0.4) is 0 Å². The van der Waals surface area contributed by atoms with Crippen LogP contribution in [0.25, 0.3) is 0 Å². The molecule has 0 saturated heterocycles. The zero-order valence-corrected chi connectivity index (χ0v) is 15.3. The molecular weight excluding hydrogens is 332 g/mol. The van der Waals surface area contributed by atoms with Gasteiger partial charge in [0, 0.05) is 24.3 Å². The molecule has 1 aromatic rings. The van der Waals surface area contributed by atoms with Crippen molar-refractivity contribution in [1.82, 2.24) is 0 Å². The van der Waals surface area contributed by atoms with Crippen molar-refractivity contribution in [3.8, 4) is 11.5 Å². The summed E-state index contributed by atoms with van der Waals surface area (Å²) in [6.07, 6.45) is 4.01. The van der Waals surface area contributed by atoms with E-state index in [1.54, 1.807) is 25.1 Å². The molecule has 0 aliphatic heterocycles. The molecule has 2 rings (SSSR count). The fourth-order valence-electron chi connectivity index (χ4n) is 3.50. The summed E-state index contributed by atoms with van der Waals surface area (Å²) >= 11 is 0. The molecule has 0 heterocycles. The molecule has 5 heteroatoms. The normalized spacial score (nSPS) is 19.9. The van der Waals surface area contributed by atoms with E-state index in [2.05, 4.69) is 6.58 Å². The number of carbonyl (C=O) groups is 2. The number of phenolic OH excluding ortho intramolecular Hbond substituents is 2. The predicted molar refractivity (Wildman–Crippen MR) is 99.4 cm³/mol. The number of aryl methyl sites for hydroxylation is 1. The van der Waals surface area contributed by atoms with Gasteiger partial charge in [-0.1, -0.05) is 18.2 Å². The summed E-state index contributed by atoms with van der Waals surface area (Å²) in [5, 5.41) is 29.7. The molecule has 1 aliphatic carbocycles. The predicted octanol–water partition coefficient (Wildman–Crippen LogP) is 4.09. The molecule has 1 aromatic carbocycles. The second kappa shape index (κ2) is 8.21. The van der Waals surface area contributed by atoms with E-state index >= 15 is 0 Å². The Kier molecular flexibility index (Phi) is 6.24. The molecule has 1 unspecified atom stereocenters. The van der Waals surface area contributed by atoms with Gasteiger partial charge in [0.15, 0.2) is 5.78 Å². The minimum atomic E-state index is -0.828. The summed E-state index contributed by atoms with van der Waals surface area (Å²) < 4.78 is 0. The van der Waals surface area contributed by atoms with Gasteiger partial charge in [0.25, 0.3) is 0 Å². The number of hydrogen-bond acceptors (Lipinski definition) is 4. The zero-order valence-electron chi connectivity index (χ0n) is 15.3. The highest BCUT2D eigenvalue weighted by Gasteiger charge is 2.33. The van der Waals surface area contributed by atoms with Crippen LogP contribution in [-0.2, 0) is 16.0 Å². The third-order valence-electron chi connectivity index (χ3n) is 4.98. The highest BCUT2D eigenvalue weighted by molar-refractivity contribution is 5.96. The maximum atomic E-state index is 12.0. The van der Waals surface area contributed by atoms with E-state index in [0.717, 1.165) is 11.1 Å². The monoisotopic (exact) mass is 358 g/mol. The summed E-state index contributed by atoms with van der Waals surface area (Å²) in [6, 6.07) is 3.23. The van der Waals surface area contributed by atoms with E-state index in [1.165, 1.54) is 0 Å². The quantitative estimate of drug-likeness (QED) is 0.504. The van der Waals surface area contributed by atoms with E-state index < -0.39 is 5.97 Å². The van der Waals surface area contributed by atoms with Crippen molar-refractivity contribution in [2.45, 2.75) is 51.9 Å². The third kappa shape index (κ3) is 4.54. The molecule has 0 saturated carbocycles. The summed E-state index contributed by atoms with van der Waals surface area (Å²) in [7, 11) is 0. The first-order valence-corrected chi connectivity index (χ1v) is 8.84. The number of benzene rings is 1. The third-order valence-corrected chi connectivity index (χ3v) is 4.98. The number of ketones is 1. The lowest BCUT2D eigenvalue weighted by Gasteiger charge is -2.30. The van der Waals surface area contributed by atoms with Crippen LogP contribution in [0.2, 0.25) is 0 Å². The summed E-state index contributed by atoms with van der Waals surface area (Å²) in [6.45, 7) is 7.56. The second-order valence-corrected chi connectivity index (χ2v) is 7.10. The van der Waals surface area contributed by atoms with Gasteiger partial charge in [-0.25, -0.2) is 0 Å². The molecular formula is C21H26O5. The molecule has 140 valence electrons. The SMILES string of the molecule is C=C(C)[C@@H]1CC(=O)C(C)=CC1c1c(O)cc(CCCCC(=O)O)cc1O. The Balaban J connectivity index is 2.27. The van der Waals surface area contributed by atoms with Crippen molar-refractivity contribution in [3.63, 3.8) is 0 Å². The molecule has 1 aliphatic rings. The standard InChI is InChI=1S/C21H26O5/c1-12(2)15-11-17(22)13(3)8-16(15)21-18(23)9-14(10-19(21)24)6-4-5-7-20(25)26/h8-10,15-16,23-24H,1,4-7,11H2,2-3H3,(H,25,26)/t15-,16?/m0/s1. The van der Waals surface area contributed by atoms with E-state index in [4.69, 9.17) is 5.11 Å². The number of carbonyl (C=O) groups excluding carboxylic acids is 1. The lowest BCUT2D eigenvalue weighted by Crippen LogP contribution is -2.23. The van der Waals surface area contributed by atoms with Gasteiger partial charge in [-0.3, -0.25) is 9.59 Å². The number of rotatable bonds is 7. The van der Waals surface area contributed by atoms with E-state index in [0.29, 0.717) is 36.8 Å². The Morgan fingerprint density at radius 1 is 1.23 bits per heavy atom. The molecule has 0 fully saturated rings. The largest absolute Gasteiger partial charge is 0.507 e. The Labute approximate surface area is 153 Å². The van der Waals surface area contributed by atoms with Crippen LogP contribution in [0.4, 0.5) is 0 Å². The smallest absolute Gasteiger partial charge is 0.303 e. The van der Waals surface area contributed by atoms with Crippen LogP contribution >= 0.6 is 0 Å². The summed E-state index contributed by atoms with van der Waals surface area (Å²) in [5.41, 5.74) is 2.64. The van der Waals surface area contributed by atoms with E-state index in [1.807, 2.05) is 6.92 Å². The Morgan fingerprint density at radius 3 is 2.38 bits per heavy atom. The van der Waals surface area contributed by atoms with Crippen LogP contribution in [0.15, 0.2) is 35.9 Å². The van der Waals surface area contributed by atoms with Gasteiger partial charge < -0.3 is 15.3 Å². The van der Waals surface area contributed by atoms with Gasteiger partial charge in [0.2, 0.25) is 0 Å². The number of aliphatic carboxylic acids is 1. The molecule has 0 bridgehead atoms. The number of phenols is 2. The number of carboxylic acids is 1. The van der Waals surface area contributed by atoms with Gasteiger partial charge in [-0.05, 0) is 62.3 Å². The first-order chi connectivity index (χ1) is 12.2. The van der Waals surface area contributed by atoms with Gasteiger partial charge in [0.1, 0.15) is 11.5 Å². The number of unbranched alkanes of at least 4 members (excludes halogenated alkanes) is 1. The first-order valence-electron chi connectivity index (χ1n) is 8.84. The average Bonchev–Trinajstić information content (AvgIpc) is 2.53. The molecule has 0 amide bonds. The molecule has 26 heavy (non-hydrogen) atoms. The molecule has 0 aromatic heterocycles. The molecule has 2 atom stereocenters. The first kappa shape index (κ1) is 19.8. The number of aromatic hydroxyl groups is 2. The summed E-state index contributed by atoms with van der Waals surface area (Å²) in [5.74, 6) is -1.24. The van der Waals surface area contributed by atoms with Crippen LogP contribution < -0.4 is 0 Å². The molecule has 3 N–H and O–H groups in total. The van der Waals surface area contributed by atoms with Crippen LogP contribution in [-0.4, -0.2) is 27.1 Å². The summed E-state index contributed by atoms with van der Waals surface area (Å²) in [4.78, 5) is 22.6. The maximum Gasteiger partial charge on any atom is 0.303 e. The maximum absolute atomic E-state index is 12.0. The van der Waals surface area contributed by atoms with Crippen LogP contribution in [0.5, 0.6) is 11.5 Å². The number of allylic oxidation sites excluding steroid dienone is 3.